The molecule has 120 valence electrons. The van der Waals surface area contributed by atoms with Crippen LogP contribution in [-0.2, 0) is 4.79 Å². The zero-order valence-corrected chi connectivity index (χ0v) is 14.5. The van der Waals surface area contributed by atoms with Crippen LogP contribution in [0.4, 0.5) is 5.69 Å². The van der Waals surface area contributed by atoms with Crippen molar-refractivity contribution in [2.75, 3.05) is 25.0 Å². The van der Waals surface area contributed by atoms with Crippen molar-refractivity contribution in [2.45, 2.75) is 18.8 Å². The van der Waals surface area contributed by atoms with Crippen molar-refractivity contribution in [1.82, 2.24) is 9.88 Å². The Bertz CT molecular complexity index is 637. The van der Waals surface area contributed by atoms with Gasteiger partial charge in [0.1, 0.15) is 0 Å². The van der Waals surface area contributed by atoms with Crippen molar-refractivity contribution in [3.8, 4) is 0 Å². The van der Waals surface area contributed by atoms with Crippen LogP contribution in [0.15, 0.2) is 53.1 Å². The molecule has 4 nitrogen and oxygen atoms in total. The smallest absolute Gasteiger partial charge is 0.238 e. The summed E-state index contributed by atoms with van der Waals surface area (Å²) in [6, 6.07) is 13.7. The number of benzene rings is 1. The monoisotopic (exact) mass is 373 g/mol. The number of pyridine rings is 1. The van der Waals surface area contributed by atoms with Gasteiger partial charge in [0.15, 0.2) is 0 Å². The molecule has 0 radical (unpaired) electrons. The van der Waals surface area contributed by atoms with Gasteiger partial charge < -0.3 is 5.32 Å². The van der Waals surface area contributed by atoms with Crippen LogP contribution < -0.4 is 5.32 Å². The van der Waals surface area contributed by atoms with Gasteiger partial charge in [-0.2, -0.15) is 0 Å². The molecule has 0 atom stereocenters. The Morgan fingerprint density at radius 3 is 2.57 bits per heavy atom. The molecule has 1 amide bonds. The molecule has 1 aromatic heterocycles. The molecule has 3 rings (SSSR count). The normalized spacial score (nSPS) is 16.2. The number of hydrogen-bond donors (Lipinski definition) is 1. The number of aromatic nitrogens is 1. The van der Waals surface area contributed by atoms with Gasteiger partial charge in [0.25, 0.3) is 0 Å². The number of likely N-dealkylation sites (tertiary alicyclic amines) is 1. The molecule has 1 aromatic carbocycles. The first kappa shape index (κ1) is 16.1. The van der Waals surface area contributed by atoms with E-state index in [1.54, 1.807) is 0 Å². The summed E-state index contributed by atoms with van der Waals surface area (Å²) in [5.74, 6) is 0.561. The summed E-state index contributed by atoms with van der Waals surface area (Å²) in [5, 5.41) is 2.95. The maximum atomic E-state index is 12.1. The Labute approximate surface area is 145 Å². The number of halogens is 1. The first-order valence-electron chi connectivity index (χ1n) is 7.89. The summed E-state index contributed by atoms with van der Waals surface area (Å²) in [7, 11) is 0. The van der Waals surface area contributed by atoms with Gasteiger partial charge in [-0.15, -0.1) is 0 Å². The summed E-state index contributed by atoms with van der Waals surface area (Å²) in [4.78, 5) is 18.8. The van der Waals surface area contributed by atoms with E-state index >= 15 is 0 Å². The zero-order valence-electron chi connectivity index (χ0n) is 12.9. The molecule has 23 heavy (non-hydrogen) atoms. The Hall–Kier alpha value is -1.72. The van der Waals surface area contributed by atoms with Gasteiger partial charge in [-0.3, -0.25) is 14.7 Å². The van der Waals surface area contributed by atoms with Gasteiger partial charge in [-0.05, 0) is 62.3 Å². The SMILES string of the molecule is O=C(CN1CCC(c2ccccn2)CC1)Nc1ccc(Br)cc1. The van der Waals surface area contributed by atoms with Gasteiger partial charge in [0.2, 0.25) is 5.91 Å². The predicted molar refractivity (Wildman–Crippen MR) is 95.4 cm³/mol. The lowest BCUT2D eigenvalue weighted by molar-refractivity contribution is -0.117. The molecule has 1 aliphatic heterocycles. The minimum atomic E-state index is 0.0450. The second kappa shape index (κ2) is 7.70. The van der Waals surface area contributed by atoms with E-state index in [1.807, 2.05) is 42.6 Å². The fourth-order valence-corrected chi connectivity index (χ4v) is 3.21. The van der Waals surface area contributed by atoms with E-state index in [0.29, 0.717) is 12.5 Å². The maximum Gasteiger partial charge on any atom is 0.238 e. The predicted octanol–water partition coefficient (Wildman–Crippen LogP) is 3.66. The van der Waals surface area contributed by atoms with E-state index in [1.165, 1.54) is 5.69 Å². The Balaban J connectivity index is 1.47. The first-order valence-corrected chi connectivity index (χ1v) is 8.69. The molecule has 5 heteroatoms. The summed E-state index contributed by atoms with van der Waals surface area (Å²) in [6.45, 7) is 2.33. The average molecular weight is 374 g/mol. The number of hydrogen-bond acceptors (Lipinski definition) is 3. The van der Waals surface area contributed by atoms with Crippen LogP contribution in [-0.4, -0.2) is 35.4 Å². The lowest BCUT2D eigenvalue weighted by Gasteiger charge is -2.31. The fourth-order valence-electron chi connectivity index (χ4n) is 2.94. The summed E-state index contributed by atoms with van der Waals surface area (Å²) in [5.41, 5.74) is 2.01. The third kappa shape index (κ3) is 4.62. The second-order valence-electron chi connectivity index (χ2n) is 5.86. The van der Waals surface area contributed by atoms with Gasteiger partial charge >= 0.3 is 0 Å². The molecule has 1 fully saturated rings. The highest BCUT2D eigenvalue weighted by Gasteiger charge is 2.22. The topological polar surface area (TPSA) is 45.2 Å². The molecule has 1 aliphatic rings. The van der Waals surface area contributed by atoms with Crippen molar-refractivity contribution >= 4 is 27.5 Å². The van der Waals surface area contributed by atoms with Gasteiger partial charge in [0, 0.05) is 28.0 Å². The molecule has 2 heterocycles. The van der Waals surface area contributed by atoms with Crippen molar-refractivity contribution in [2.24, 2.45) is 0 Å². The summed E-state index contributed by atoms with van der Waals surface area (Å²) < 4.78 is 1.01. The molecule has 1 saturated heterocycles. The molecule has 0 aliphatic carbocycles. The van der Waals surface area contributed by atoms with Crippen molar-refractivity contribution < 1.29 is 4.79 Å². The number of nitrogens with one attached hydrogen (secondary N) is 1. The van der Waals surface area contributed by atoms with Crippen LogP contribution >= 0.6 is 15.9 Å². The van der Waals surface area contributed by atoms with Crippen LogP contribution in [0.5, 0.6) is 0 Å². The quantitative estimate of drug-likeness (QED) is 0.889. The molecular weight excluding hydrogens is 354 g/mol. The van der Waals surface area contributed by atoms with Gasteiger partial charge in [0.05, 0.1) is 6.54 Å². The van der Waals surface area contributed by atoms with Gasteiger partial charge in [-0.1, -0.05) is 22.0 Å². The minimum Gasteiger partial charge on any atom is -0.325 e. The number of rotatable bonds is 4. The van der Waals surface area contributed by atoms with Crippen LogP contribution in [0.3, 0.4) is 0 Å². The van der Waals surface area contributed by atoms with E-state index in [-0.39, 0.29) is 5.91 Å². The van der Waals surface area contributed by atoms with E-state index in [0.717, 1.165) is 36.1 Å². The Kier molecular flexibility index (Phi) is 5.41. The maximum absolute atomic E-state index is 12.1. The Morgan fingerprint density at radius 1 is 1.17 bits per heavy atom. The third-order valence-corrected chi connectivity index (χ3v) is 4.72. The highest BCUT2D eigenvalue weighted by molar-refractivity contribution is 9.10. The fraction of sp³-hybridized carbons (Fsp3) is 0.333. The van der Waals surface area contributed by atoms with Crippen molar-refractivity contribution in [1.29, 1.82) is 0 Å². The number of amides is 1. The second-order valence-corrected chi connectivity index (χ2v) is 6.78. The minimum absolute atomic E-state index is 0.0450. The lowest BCUT2D eigenvalue weighted by atomic mass is 9.93. The van der Waals surface area contributed by atoms with E-state index in [9.17, 15) is 4.79 Å². The van der Waals surface area contributed by atoms with Crippen LogP contribution in [0.2, 0.25) is 0 Å². The van der Waals surface area contributed by atoms with Crippen LogP contribution in [0.25, 0.3) is 0 Å². The summed E-state index contributed by atoms with van der Waals surface area (Å²) in [6.07, 6.45) is 3.97. The Morgan fingerprint density at radius 2 is 1.91 bits per heavy atom. The highest BCUT2D eigenvalue weighted by Crippen LogP contribution is 2.26. The van der Waals surface area contributed by atoms with Crippen molar-refractivity contribution in [3.63, 3.8) is 0 Å². The molecule has 0 spiro atoms. The number of anilines is 1. The molecule has 1 N–H and O–H groups in total. The number of nitrogens with zero attached hydrogens (tertiary/aromatic N) is 2. The average Bonchev–Trinajstić information content (AvgIpc) is 2.58. The van der Waals surface area contributed by atoms with Crippen LogP contribution in [0, 0.1) is 0 Å². The van der Waals surface area contributed by atoms with Gasteiger partial charge in [-0.25, -0.2) is 0 Å². The molecular formula is C18H20BrN3O. The largest absolute Gasteiger partial charge is 0.325 e. The molecule has 0 saturated carbocycles. The standard InChI is InChI=1S/C18H20BrN3O/c19-15-4-6-16(7-5-15)21-18(23)13-22-11-8-14(9-12-22)17-3-1-2-10-20-17/h1-7,10,14H,8-9,11-13H2,(H,21,23). The van der Waals surface area contributed by atoms with Crippen LogP contribution in [0.1, 0.15) is 24.5 Å². The lowest BCUT2D eigenvalue weighted by Crippen LogP contribution is -2.38. The molecule has 0 unspecified atom stereocenters. The number of piperidine rings is 1. The third-order valence-electron chi connectivity index (χ3n) is 4.19. The number of carbonyl (C=O) groups excluding carboxylic acids is 1. The number of carbonyl (C=O) groups is 1. The van der Waals surface area contributed by atoms with Crippen molar-refractivity contribution in [3.05, 3.63) is 58.8 Å². The van der Waals surface area contributed by atoms with E-state index in [4.69, 9.17) is 0 Å². The van der Waals surface area contributed by atoms with E-state index in [2.05, 4.69) is 37.2 Å². The van der Waals surface area contributed by atoms with E-state index < -0.39 is 0 Å². The zero-order chi connectivity index (χ0) is 16.1. The molecule has 2 aromatic rings. The first-order chi connectivity index (χ1) is 11.2. The molecule has 0 bridgehead atoms. The summed E-state index contributed by atoms with van der Waals surface area (Å²) >= 11 is 3.39. The highest BCUT2D eigenvalue weighted by atomic mass is 79.9.